The summed E-state index contributed by atoms with van der Waals surface area (Å²) >= 11 is 0. The van der Waals surface area contributed by atoms with Gasteiger partial charge in [-0.3, -0.25) is 0 Å². The normalized spacial score (nSPS) is 10.9. The molecule has 1 aromatic heterocycles. The second-order valence-electron chi connectivity index (χ2n) is 2.74. The van der Waals surface area contributed by atoms with Gasteiger partial charge in [0.15, 0.2) is 0 Å². The van der Waals surface area contributed by atoms with Gasteiger partial charge in [0.25, 0.3) is 6.33 Å². The number of hydrogen-bond acceptors (Lipinski definition) is 2. The molecule has 0 atom stereocenters. The van der Waals surface area contributed by atoms with Crippen LogP contribution in [0, 0.1) is 0 Å². The molecule has 1 aromatic rings. The van der Waals surface area contributed by atoms with Crippen LogP contribution >= 0.6 is 0 Å². The van der Waals surface area contributed by atoms with Crippen molar-refractivity contribution in [2.24, 2.45) is 0 Å². The Balaban J connectivity index is 0.00000144. The van der Waals surface area contributed by atoms with Crippen LogP contribution in [-0.4, -0.2) is 19.2 Å². The Kier molecular flexibility index (Phi) is 4.90. The highest BCUT2D eigenvalue weighted by Gasteiger charge is 2.11. The first kappa shape index (κ1) is 12.9. The fourth-order valence-electron chi connectivity index (χ4n) is 0.961. The minimum Gasteiger partial charge on any atom is -1.00 e. The minimum atomic E-state index is -3.10. The summed E-state index contributed by atoms with van der Waals surface area (Å²) < 4.78 is 25.1. The van der Waals surface area contributed by atoms with Crippen LogP contribution in [0.4, 0.5) is 0 Å². The summed E-state index contributed by atoms with van der Waals surface area (Å²) in [5.74, 6) is 0. The molecule has 0 aromatic carbocycles. The van der Waals surface area contributed by atoms with Gasteiger partial charge in [0.2, 0.25) is 0 Å². The van der Waals surface area contributed by atoms with E-state index >= 15 is 0 Å². The van der Waals surface area contributed by atoms with Gasteiger partial charge >= 0.3 is 10.0 Å². The minimum absolute atomic E-state index is 0. The van der Waals surface area contributed by atoms with Crippen LogP contribution < -0.4 is 27.9 Å². The third kappa shape index (κ3) is 3.63. The molecule has 1 heterocycles. The van der Waals surface area contributed by atoms with E-state index in [0.29, 0.717) is 0 Å². The maximum Gasteiger partial charge on any atom is 0.301 e. The molecule has 0 radical (unpaired) electrons. The van der Waals surface area contributed by atoms with E-state index in [1.807, 2.05) is 11.5 Å². The predicted molar refractivity (Wildman–Crippen MR) is 45.2 cm³/mol. The maximum absolute atomic E-state index is 11.0. The first-order chi connectivity index (χ1) is 5.54. The monoisotopic (exact) mass is 316 g/mol. The maximum atomic E-state index is 11.0. The molecule has 0 aliphatic carbocycles. The van der Waals surface area contributed by atoms with Gasteiger partial charge in [0.05, 0.1) is 12.8 Å². The van der Waals surface area contributed by atoms with E-state index in [0.717, 1.165) is 13.0 Å². The van der Waals surface area contributed by atoms with Gasteiger partial charge in [0.1, 0.15) is 12.4 Å². The molecule has 76 valence electrons. The van der Waals surface area contributed by atoms with E-state index in [1.54, 1.807) is 18.7 Å². The van der Waals surface area contributed by atoms with Gasteiger partial charge in [-0.2, -0.15) is 8.42 Å². The molecular weight excluding hydrogens is 303 g/mol. The van der Waals surface area contributed by atoms with Crippen LogP contribution in [-0.2, 0) is 16.6 Å². The zero-order valence-corrected chi connectivity index (χ0v) is 10.6. The van der Waals surface area contributed by atoms with Crippen LogP contribution in [0.15, 0.2) is 18.7 Å². The summed E-state index contributed by atoms with van der Waals surface area (Å²) in [5, 5.41) is 0. The first-order valence-corrected chi connectivity index (χ1v) is 5.66. The SMILES string of the molecule is CCCn1cc[n+](S(C)(=O)=O)c1.[I-]. The lowest BCUT2D eigenvalue weighted by Gasteiger charge is -1.89. The molecule has 0 N–H and O–H groups in total. The standard InChI is InChI=1S/C7H13N2O2S.HI/c1-3-4-8-5-6-9(7-8)12(2,10)11;/h5-7H,3-4H2,1-2H3;1H/q+1;/p-1. The molecule has 0 spiro atoms. The van der Waals surface area contributed by atoms with Crippen molar-refractivity contribution in [3.8, 4) is 0 Å². The largest absolute Gasteiger partial charge is 1.00 e. The smallest absolute Gasteiger partial charge is 0.301 e. The summed E-state index contributed by atoms with van der Waals surface area (Å²) in [4.78, 5) is 0. The van der Waals surface area contributed by atoms with E-state index in [-0.39, 0.29) is 24.0 Å². The predicted octanol–water partition coefficient (Wildman–Crippen LogP) is -3.00. The van der Waals surface area contributed by atoms with Gasteiger partial charge < -0.3 is 24.0 Å². The molecule has 0 saturated carbocycles. The summed E-state index contributed by atoms with van der Waals surface area (Å²) in [6, 6.07) is 0. The summed E-state index contributed by atoms with van der Waals surface area (Å²) in [6.07, 6.45) is 7.07. The molecular formula is C7H13IN2O2S. The average Bonchev–Trinajstić information content (AvgIpc) is 2.35. The second-order valence-corrected chi connectivity index (χ2v) is 4.63. The Labute approximate surface area is 95.6 Å². The van der Waals surface area contributed by atoms with Crippen molar-refractivity contribution in [2.75, 3.05) is 6.26 Å². The Morgan fingerprint density at radius 2 is 2.08 bits per heavy atom. The van der Waals surface area contributed by atoms with Crippen molar-refractivity contribution in [2.45, 2.75) is 19.9 Å². The number of rotatable bonds is 3. The number of aryl methyl sites for hydroxylation is 1. The lowest BCUT2D eigenvalue weighted by molar-refractivity contribution is -0.509. The molecule has 0 bridgehead atoms. The second kappa shape index (κ2) is 4.94. The third-order valence-electron chi connectivity index (χ3n) is 1.53. The zero-order chi connectivity index (χ0) is 9.19. The molecule has 0 unspecified atom stereocenters. The molecule has 0 saturated heterocycles. The van der Waals surface area contributed by atoms with Gasteiger partial charge in [-0.15, -0.1) is 3.97 Å². The molecule has 1 rings (SSSR count). The van der Waals surface area contributed by atoms with E-state index < -0.39 is 10.0 Å². The molecule has 4 nitrogen and oxygen atoms in total. The Hall–Kier alpha value is -0.110. The lowest BCUT2D eigenvalue weighted by Crippen LogP contribution is -3.00. The molecule has 0 amide bonds. The summed E-state index contributed by atoms with van der Waals surface area (Å²) in [6.45, 7) is 2.90. The van der Waals surface area contributed by atoms with E-state index in [4.69, 9.17) is 0 Å². The number of halogens is 1. The van der Waals surface area contributed by atoms with Crippen molar-refractivity contribution in [3.05, 3.63) is 18.7 Å². The molecule has 0 aliphatic rings. The topological polar surface area (TPSA) is 43.0 Å². The van der Waals surface area contributed by atoms with E-state index in [9.17, 15) is 8.42 Å². The highest BCUT2D eigenvalue weighted by molar-refractivity contribution is 7.84. The quantitative estimate of drug-likeness (QED) is 0.441. The number of aromatic nitrogens is 2. The Morgan fingerprint density at radius 1 is 1.46 bits per heavy atom. The van der Waals surface area contributed by atoms with Crippen molar-refractivity contribution in [1.82, 2.24) is 4.57 Å². The fraction of sp³-hybridized carbons (Fsp3) is 0.571. The first-order valence-electron chi connectivity index (χ1n) is 3.81. The highest BCUT2D eigenvalue weighted by Crippen LogP contribution is 1.88. The van der Waals surface area contributed by atoms with Crippen LogP contribution in [0.1, 0.15) is 13.3 Å². The third-order valence-corrected chi connectivity index (χ3v) is 2.51. The van der Waals surface area contributed by atoms with Crippen LogP contribution in [0.3, 0.4) is 0 Å². The van der Waals surface area contributed by atoms with Crippen molar-refractivity contribution >= 4 is 10.0 Å². The average molecular weight is 316 g/mol. The van der Waals surface area contributed by atoms with Crippen molar-refractivity contribution in [3.63, 3.8) is 0 Å². The van der Waals surface area contributed by atoms with Crippen LogP contribution in [0.2, 0.25) is 0 Å². The van der Waals surface area contributed by atoms with Crippen molar-refractivity contribution in [1.29, 1.82) is 0 Å². The molecule has 0 fully saturated rings. The van der Waals surface area contributed by atoms with Gasteiger partial charge in [-0.1, -0.05) is 6.92 Å². The number of nitrogens with zero attached hydrogens (tertiary/aromatic N) is 2. The van der Waals surface area contributed by atoms with Gasteiger partial charge in [-0.25, -0.2) is 4.57 Å². The van der Waals surface area contributed by atoms with E-state index in [2.05, 4.69) is 0 Å². The Morgan fingerprint density at radius 3 is 2.46 bits per heavy atom. The fourth-order valence-corrected chi connectivity index (χ4v) is 1.53. The number of hydrogen-bond donors (Lipinski definition) is 0. The molecule has 13 heavy (non-hydrogen) atoms. The highest BCUT2D eigenvalue weighted by atomic mass is 127. The molecule has 6 heteroatoms. The van der Waals surface area contributed by atoms with Gasteiger partial charge in [-0.05, 0) is 6.42 Å². The van der Waals surface area contributed by atoms with Crippen molar-refractivity contribution < 1.29 is 36.4 Å². The lowest BCUT2D eigenvalue weighted by atomic mass is 10.5. The summed E-state index contributed by atoms with van der Waals surface area (Å²) in [7, 11) is -3.10. The molecule has 0 aliphatic heterocycles. The van der Waals surface area contributed by atoms with Crippen LogP contribution in [0.25, 0.3) is 0 Å². The zero-order valence-electron chi connectivity index (χ0n) is 7.64. The number of imidazole rings is 1. The summed E-state index contributed by atoms with van der Waals surface area (Å²) in [5.41, 5.74) is 0. The van der Waals surface area contributed by atoms with Gasteiger partial charge in [0, 0.05) is 0 Å². The Bertz CT molecular complexity index is 358. The van der Waals surface area contributed by atoms with Crippen LogP contribution in [0.5, 0.6) is 0 Å². The van der Waals surface area contributed by atoms with E-state index in [1.165, 1.54) is 10.2 Å².